The molecule has 0 aromatic heterocycles. The van der Waals surface area contributed by atoms with E-state index >= 15 is 0 Å². The average Bonchev–Trinajstić information content (AvgIpc) is 2.97. The summed E-state index contributed by atoms with van der Waals surface area (Å²) in [7, 11) is 0. The first-order valence-corrected chi connectivity index (χ1v) is 16.8. The lowest BCUT2D eigenvalue weighted by Crippen LogP contribution is -2.27. The Morgan fingerprint density at radius 3 is 1.00 bits per heavy atom. The molecule has 0 bridgehead atoms. The first kappa shape index (κ1) is 37.8. The van der Waals surface area contributed by atoms with Crippen LogP contribution in [0.25, 0.3) is 11.1 Å². The molecular formula is C42H50N4O4. The molecule has 50 heavy (non-hydrogen) atoms. The van der Waals surface area contributed by atoms with Gasteiger partial charge >= 0.3 is 0 Å². The van der Waals surface area contributed by atoms with Crippen molar-refractivity contribution in [3.8, 4) is 22.6 Å². The zero-order valence-electron chi connectivity index (χ0n) is 31.4. The minimum absolute atomic E-state index is 0.0498. The maximum atomic E-state index is 13.2. The van der Waals surface area contributed by atoms with Crippen molar-refractivity contribution in [3.05, 3.63) is 107 Å². The van der Waals surface area contributed by atoms with Crippen molar-refractivity contribution in [2.75, 3.05) is 0 Å². The zero-order chi connectivity index (χ0) is 37.4. The van der Waals surface area contributed by atoms with E-state index in [0.717, 1.165) is 33.4 Å². The highest BCUT2D eigenvalue weighted by Crippen LogP contribution is 2.42. The van der Waals surface area contributed by atoms with Gasteiger partial charge in [0.15, 0.2) is 11.6 Å². The molecule has 0 heterocycles. The van der Waals surface area contributed by atoms with Crippen LogP contribution in [0.1, 0.15) is 83.1 Å². The molecule has 2 aliphatic rings. The van der Waals surface area contributed by atoms with Crippen molar-refractivity contribution in [2.45, 2.75) is 83.1 Å². The van der Waals surface area contributed by atoms with Crippen LogP contribution in [0.5, 0.6) is 11.5 Å². The number of phenols is 2. The third-order valence-corrected chi connectivity index (χ3v) is 8.47. The smallest absolute Gasteiger partial charge is 0.186 e. The van der Waals surface area contributed by atoms with Gasteiger partial charge in [-0.3, -0.25) is 9.59 Å². The number of aromatic hydroxyl groups is 2. The second-order valence-electron chi connectivity index (χ2n) is 17.0. The van der Waals surface area contributed by atoms with Crippen LogP contribution in [0.2, 0.25) is 0 Å². The molecule has 262 valence electrons. The molecule has 0 amide bonds. The fourth-order valence-electron chi connectivity index (χ4n) is 5.62. The summed E-state index contributed by atoms with van der Waals surface area (Å²) in [6.07, 6.45) is 10.7. The highest BCUT2D eigenvalue weighted by atomic mass is 16.3. The van der Waals surface area contributed by atoms with E-state index in [-0.39, 0.29) is 44.7 Å². The number of nitrogens with zero attached hydrogens (tertiary/aromatic N) is 4. The molecule has 2 aromatic carbocycles. The zero-order valence-corrected chi connectivity index (χ0v) is 31.4. The first-order valence-electron chi connectivity index (χ1n) is 16.8. The second-order valence-corrected chi connectivity index (χ2v) is 17.0. The Bertz CT molecular complexity index is 1750. The maximum absolute atomic E-state index is 13.2. The van der Waals surface area contributed by atoms with Crippen LogP contribution in [-0.2, 0) is 9.59 Å². The Morgan fingerprint density at radius 2 is 0.760 bits per heavy atom. The van der Waals surface area contributed by atoms with Gasteiger partial charge in [0.2, 0.25) is 0 Å². The summed E-state index contributed by atoms with van der Waals surface area (Å²) in [4.78, 5) is 26.4. The SMILES string of the molecule is CC(C)(C)C1=CC(=C/N=N/c2ccc(-c3ccc(/N=N/C=C4C=C(C(C)(C)C)C(=O)C(C(C)(C)C)=C4)cc3O)c(O)c2)C=C(C(C)(C)C)C1=O. The number of ketones is 2. The van der Waals surface area contributed by atoms with E-state index in [0.29, 0.717) is 22.5 Å². The van der Waals surface area contributed by atoms with Gasteiger partial charge in [0, 0.05) is 45.6 Å². The number of phenolic OH excluding ortho intramolecular Hbond substituents is 2. The van der Waals surface area contributed by atoms with Gasteiger partial charge in [-0.15, -0.1) is 0 Å². The Morgan fingerprint density at radius 1 is 0.480 bits per heavy atom. The van der Waals surface area contributed by atoms with Crippen LogP contribution in [0.15, 0.2) is 127 Å². The molecule has 0 aliphatic heterocycles. The van der Waals surface area contributed by atoms with Crippen LogP contribution in [-0.4, -0.2) is 21.8 Å². The van der Waals surface area contributed by atoms with Crippen molar-refractivity contribution >= 4 is 22.9 Å². The van der Waals surface area contributed by atoms with Crippen LogP contribution in [0.4, 0.5) is 11.4 Å². The molecule has 0 atom stereocenters. The van der Waals surface area contributed by atoms with Gasteiger partial charge in [-0.2, -0.15) is 20.5 Å². The molecule has 2 aliphatic carbocycles. The fraction of sp³-hybridized carbons (Fsp3) is 0.381. The molecular weight excluding hydrogens is 624 g/mol. The predicted molar refractivity (Wildman–Crippen MR) is 201 cm³/mol. The Labute approximate surface area is 296 Å². The lowest BCUT2D eigenvalue weighted by Gasteiger charge is -2.31. The van der Waals surface area contributed by atoms with Crippen LogP contribution in [0, 0.1) is 21.7 Å². The van der Waals surface area contributed by atoms with Gasteiger partial charge in [-0.05, 0) is 81.4 Å². The molecule has 0 spiro atoms. The van der Waals surface area contributed by atoms with Crippen molar-refractivity contribution in [2.24, 2.45) is 42.1 Å². The molecule has 0 radical (unpaired) electrons. The normalized spacial score (nSPS) is 16.5. The largest absolute Gasteiger partial charge is 0.507 e. The summed E-state index contributed by atoms with van der Waals surface area (Å²) < 4.78 is 0. The molecule has 0 fully saturated rings. The number of benzene rings is 2. The minimum Gasteiger partial charge on any atom is -0.507 e. The number of hydrogen-bond donors (Lipinski definition) is 2. The number of hydrogen-bond acceptors (Lipinski definition) is 8. The number of allylic oxidation sites excluding steroid dienone is 10. The number of Topliss-reactive ketones (excluding diaryl/α,β-unsaturated/α-hetero) is 2. The van der Waals surface area contributed by atoms with Gasteiger partial charge < -0.3 is 10.2 Å². The number of carbonyl (C=O) groups is 2. The first-order chi connectivity index (χ1) is 23.0. The molecule has 8 heteroatoms. The van der Waals surface area contributed by atoms with E-state index in [1.807, 2.05) is 107 Å². The van der Waals surface area contributed by atoms with E-state index < -0.39 is 0 Å². The quantitative estimate of drug-likeness (QED) is 0.306. The Balaban J connectivity index is 1.55. The fourth-order valence-corrected chi connectivity index (χ4v) is 5.62. The summed E-state index contributed by atoms with van der Waals surface area (Å²) in [6, 6.07) is 9.66. The molecule has 4 rings (SSSR count). The van der Waals surface area contributed by atoms with Crippen molar-refractivity contribution in [3.63, 3.8) is 0 Å². The lowest BCUT2D eigenvalue weighted by atomic mass is 9.72. The molecule has 0 saturated carbocycles. The number of azo groups is 2. The van der Waals surface area contributed by atoms with Gasteiger partial charge in [-0.1, -0.05) is 83.1 Å². The van der Waals surface area contributed by atoms with Crippen molar-refractivity contribution in [1.82, 2.24) is 0 Å². The van der Waals surface area contributed by atoms with Gasteiger partial charge in [-0.25, -0.2) is 0 Å². The van der Waals surface area contributed by atoms with Gasteiger partial charge in [0.25, 0.3) is 0 Å². The van der Waals surface area contributed by atoms with Gasteiger partial charge in [0.1, 0.15) is 11.5 Å². The van der Waals surface area contributed by atoms with E-state index in [1.54, 1.807) is 36.7 Å². The van der Waals surface area contributed by atoms with E-state index in [1.165, 1.54) is 12.1 Å². The third-order valence-electron chi connectivity index (χ3n) is 8.47. The predicted octanol–water partition coefficient (Wildman–Crippen LogP) is 11.8. The highest BCUT2D eigenvalue weighted by molar-refractivity contribution is 6.12. The van der Waals surface area contributed by atoms with Crippen LogP contribution in [0.3, 0.4) is 0 Å². The maximum Gasteiger partial charge on any atom is 0.186 e. The summed E-state index contributed by atoms with van der Waals surface area (Å²) in [6.45, 7) is 24.2. The van der Waals surface area contributed by atoms with E-state index in [9.17, 15) is 19.8 Å². The van der Waals surface area contributed by atoms with Gasteiger partial charge in [0.05, 0.1) is 23.8 Å². The molecule has 8 nitrogen and oxygen atoms in total. The van der Waals surface area contributed by atoms with E-state index in [4.69, 9.17) is 0 Å². The van der Waals surface area contributed by atoms with Crippen LogP contribution < -0.4 is 0 Å². The van der Waals surface area contributed by atoms with Crippen molar-refractivity contribution in [1.29, 1.82) is 0 Å². The third kappa shape index (κ3) is 8.78. The monoisotopic (exact) mass is 674 g/mol. The lowest BCUT2D eigenvalue weighted by molar-refractivity contribution is -0.114. The summed E-state index contributed by atoms with van der Waals surface area (Å²) >= 11 is 0. The summed E-state index contributed by atoms with van der Waals surface area (Å²) in [5.74, 6) is -0.0554. The molecule has 2 N–H and O–H groups in total. The average molecular weight is 675 g/mol. The summed E-state index contributed by atoms with van der Waals surface area (Å²) in [5.41, 5.74) is 4.78. The molecule has 0 unspecified atom stereocenters. The standard InChI is InChI=1S/C42H50N4O4/c1-39(2,3)31-17-25(18-32(37(31)49)40(4,5)6)23-43-45-27-13-15-29(35(47)21-27)30-16-14-28(22-36(30)48)46-44-24-26-19-33(41(7,8)9)38(50)34(20-26)42(10,11)12/h13-24,47-48H,1-12H3/b45-43+,46-44+. The van der Waals surface area contributed by atoms with E-state index in [2.05, 4.69) is 20.5 Å². The van der Waals surface area contributed by atoms with Crippen molar-refractivity contribution < 1.29 is 19.8 Å². The van der Waals surface area contributed by atoms with Crippen LogP contribution >= 0.6 is 0 Å². The number of carbonyl (C=O) groups excluding carboxylic acids is 2. The second kappa shape index (κ2) is 13.7. The highest BCUT2D eigenvalue weighted by Gasteiger charge is 2.35. The number of rotatable bonds is 5. The topological polar surface area (TPSA) is 124 Å². The Hall–Kier alpha value is -4.98. The molecule has 2 aromatic rings. The summed E-state index contributed by atoms with van der Waals surface area (Å²) in [5, 5.41) is 38.7. The molecule has 0 saturated heterocycles. The Kier molecular flexibility index (Phi) is 10.4. The minimum atomic E-state index is -0.330.